The number of piperidine rings is 1. The Kier molecular flexibility index (Phi) is 4.36. The van der Waals surface area contributed by atoms with Gasteiger partial charge in [-0.1, -0.05) is 30.3 Å². The second-order valence-electron chi connectivity index (χ2n) is 6.83. The summed E-state index contributed by atoms with van der Waals surface area (Å²) in [6.45, 7) is 3.67. The third-order valence-corrected chi connectivity index (χ3v) is 5.04. The van der Waals surface area contributed by atoms with Crippen LogP contribution in [0, 0.1) is 0 Å². The fourth-order valence-electron chi connectivity index (χ4n) is 3.71. The molecule has 1 aliphatic heterocycles. The van der Waals surface area contributed by atoms with E-state index in [-0.39, 0.29) is 5.56 Å². The molecule has 4 rings (SSSR count). The highest BCUT2D eigenvalue weighted by Gasteiger charge is 2.21. The molecule has 0 unspecified atom stereocenters. The van der Waals surface area contributed by atoms with Crippen molar-refractivity contribution >= 4 is 11.0 Å². The van der Waals surface area contributed by atoms with Crippen molar-refractivity contribution in [2.45, 2.75) is 25.3 Å². The molecule has 0 saturated carbocycles. The molecule has 1 fully saturated rings. The van der Waals surface area contributed by atoms with Gasteiger partial charge in [-0.15, -0.1) is 0 Å². The topological polar surface area (TPSA) is 56.0 Å². The third-order valence-electron chi connectivity index (χ3n) is 5.04. The predicted molar refractivity (Wildman–Crippen MR) is 97.6 cm³/mol. The first kappa shape index (κ1) is 16.0. The summed E-state index contributed by atoms with van der Waals surface area (Å²) in [5.41, 5.74) is 2.47. The second-order valence-corrected chi connectivity index (χ2v) is 6.83. The highest BCUT2D eigenvalue weighted by Crippen LogP contribution is 2.26. The van der Waals surface area contributed by atoms with Gasteiger partial charge < -0.3 is 4.90 Å². The van der Waals surface area contributed by atoms with Crippen LogP contribution in [0.25, 0.3) is 11.0 Å². The Morgan fingerprint density at radius 2 is 2.04 bits per heavy atom. The van der Waals surface area contributed by atoms with Crippen LogP contribution in [0.4, 0.5) is 0 Å². The minimum Gasteiger partial charge on any atom is -0.301 e. The SMILES string of the molecule is Cn1cc2ncn(CCN3CCC[C@@H](c4ccccc4)C3)c(=O)c2n1. The number of nitrogens with zero attached hydrogens (tertiary/aromatic N) is 5. The Morgan fingerprint density at radius 1 is 1.20 bits per heavy atom. The number of aryl methyl sites for hydroxylation is 1. The lowest BCUT2D eigenvalue weighted by molar-refractivity contribution is 0.200. The molecule has 0 spiro atoms. The lowest BCUT2D eigenvalue weighted by atomic mass is 9.91. The highest BCUT2D eigenvalue weighted by atomic mass is 16.1. The minimum atomic E-state index is -0.0535. The maximum absolute atomic E-state index is 12.5. The quantitative estimate of drug-likeness (QED) is 0.731. The van der Waals surface area contributed by atoms with Crippen LogP contribution in [0.15, 0.2) is 47.7 Å². The average molecular weight is 337 g/mol. The van der Waals surface area contributed by atoms with Gasteiger partial charge in [0.15, 0.2) is 5.52 Å². The Morgan fingerprint density at radius 3 is 2.88 bits per heavy atom. The van der Waals surface area contributed by atoms with E-state index in [1.165, 1.54) is 18.4 Å². The molecule has 130 valence electrons. The number of hydrogen-bond donors (Lipinski definition) is 0. The lowest BCUT2D eigenvalue weighted by Gasteiger charge is -2.33. The zero-order valence-corrected chi connectivity index (χ0v) is 14.5. The summed E-state index contributed by atoms with van der Waals surface area (Å²) in [6, 6.07) is 10.7. The maximum Gasteiger partial charge on any atom is 0.281 e. The highest BCUT2D eigenvalue weighted by molar-refractivity contribution is 5.71. The normalized spacial score (nSPS) is 18.7. The van der Waals surface area contributed by atoms with E-state index in [9.17, 15) is 4.79 Å². The second kappa shape index (κ2) is 6.80. The van der Waals surface area contributed by atoms with Gasteiger partial charge in [0.2, 0.25) is 0 Å². The lowest BCUT2D eigenvalue weighted by Crippen LogP contribution is -2.37. The van der Waals surface area contributed by atoms with Crippen LogP contribution >= 0.6 is 0 Å². The molecule has 1 saturated heterocycles. The van der Waals surface area contributed by atoms with E-state index in [4.69, 9.17) is 0 Å². The molecule has 25 heavy (non-hydrogen) atoms. The van der Waals surface area contributed by atoms with Crippen LogP contribution in [-0.4, -0.2) is 43.9 Å². The van der Waals surface area contributed by atoms with Crippen LogP contribution in [0.3, 0.4) is 0 Å². The van der Waals surface area contributed by atoms with Crippen LogP contribution in [0.2, 0.25) is 0 Å². The molecule has 1 atom stereocenters. The van der Waals surface area contributed by atoms with Crippen molar-refractivity contribution in [2.75, 3.05) is 19.6 Å². The van der Waals surface area contributed by atoms with Crippen LogP contribution in [0.5, 0.6) is 0 Å². The fourth-order valence-corrected chi connectivity index (χ4v) is 3.71. The van der Waals surface area contributed by atoms with Crippen molar-refractivity contribution in [3.63, 3.8) is 0 Å². The van der Waals surface area contributed by atoms with Crippen molar-refractivity contribution in [1.29, 1.82) is 0 Å². The molecule has 0 aliphatic carbocycles. The van der Waals surface area contributed by atoms with Crippen molar-refractivity contribution in [3.05, 3.63) is 58.8 Å². The summed E-state index contributed by atoms with van der Waals surface area (Å²) in [5, 5.41) is 4.23. The van der Waals surface area contributed by atoms with Crippen molar-refractivity contribution < 1.29 is 0 Å². The van der Waals surface area contributed by atoms with Gasteiger partial charge in [0.25, 0.3) is 5.56 Å². The Bertz CT molecular complexity index is 914. The number of rotatable bonds is 4. The first-order valence-electron chi connectivity index (χ1n) is 8.87. The fraction of sp³-hybridized carbons (Fsp3) is 0.421. The monoisotopic (exact) mass is 337 g/mol. The van der Waals surface area contributed by atoms with Gasteiger partial charge in [0, 0.05) is 26.7 Å². The molecule has 0 amide bonds. The molecule has 3 heterocycles. The van der Waals surface area contributed by atoms with E-state index < -0.39 is 0 Å². The van der Waals surface area contributed by atoms with E-state index in [2.05, 4.69) is 45.3 Å². The van der Waals surface area contributed by atoms with E-state index in [1.54, 1.807) is 21.8 Å². The third kappa shape index (κ3) is 3.35. The number of hydrogen-bond acceptors (Lipinski definition) is 4. The van der Waals surface area contributed by atoms with Gasteiger partial charge in [0.1, 0.15) is 5.52 Å². The van der Waals surface area contributed by atoms with Crippen molar-refractivity contribution in [1.82, 2.24) is 24.2 Å². The van der Waals surface area contributed by atoms with Gasteiger partial charge in [-0.2, -0.15) is 5.10 Å². The number of fused-ring (bicyclic) bond motifs is 1. The van der Waals surface area contributed by atoms with Crippen LogP contribution in [0.1, 0.15) is 24.3 Å². The molecule has 0 radical (unpaired) electrons. The summed E-state index contributed by atoms with van der Waals surface area (Å²) in [4.78, 5) is 19.3. The van der Waals surface area contributed by atoms with Gasteiger partial charge in [-0.3, -0.25) is 14.0 Å². The van der Waals surface area contributed by atoms with E-state index >= 15 is 0 Å². The molecule has 0 N–H and O–H groups in total. The molecular weight excluding hydrogens is 314 g/mol. The number of benzene rings is 1. The smallest absolute Gasteiger partial charge is 0.281 e. The van der Waals surface area contributed by atoms with E-state index in [0.29, 0.717) is 23.5 Å². The molecular formula is C19H23N5O. The molecule has 0 bridgehead atoms. The summed E-state index contributed by atoms with van der Waals surface area (Å²) >= 11 is 0. The number of aromatic nitrogens is 4. The molecule has 2 aromatic heterocycles. The largest absolute Gasteiger partial charge is 0.301 e. The summed E-state index contributed by atoms with van der Waals surface area (Å²) in [5.74, 6) is 0.586. The van der Waals surface area contributed by atoms with Gasteiger partial charge in [0.05, 0.1) is 12.5 Å². The van der Waals surface area contributed by atoms with Gasteiger partial charge >= 0.3 is 0 Å². The summed E-state index contributed by atoms with van der Waals surface area (Å²) in [6.07, 6.45) is 5.86. The van der Waals surface area contributed by atoms with Crippen LogP contribution < -0.4 is 5.56 Å². The zero-order valence-electron chi connectivity index (χ0n) is 14.5. The molecule has 3 aromatic rings. The van der Waals surface area contributed by atoms with E-state index in [1.807, 2.05) is 7.05 Å². The van der Waals surface area contributed by atoms with E-state index in [0.717, 1.165) is 19.6 Å². The van der Waals surface area contributed by atoms with Gasteiger partial charge in [-0.05, 0) is 30.9 Å². The molecule has 6 heteroatoms. The van der Waals surface area contributed by atoms with Crippen molar-refractivity contribution in [3.8, 4) is 0 Å². The van der Waals surface area contributed by atoms with Crippen LogP contribution in [-0.2, 0) is 13.6 Å². The summed E-state index contributed by atoms with van der Waals surface area (Å²) < 4.78 is 3.32. The first-order valence-corrected chi connectivity index (χ1v) is 8.87. The standard InChI is InChI=1S/C19H23N5O/c1-22-13-17-18(21-22)19(25)24(14-20-17)11-10-23-9-5-8-16(12-23)15-6-3-2-4-7-15/h2-4,6-7,13-14,16H,5,8-12H2,1H3/t16-/m1/s1. The Hall–Kier alpha value is -2.47. The maximum atomic E-state index is 12.5. The molecule has 1 aliphatic rings. The first-order chi connectivity index (χ1) is 12.2. The summed E-state index contributed by atoms with van der Waals surface area (Å²) in [7, 11) is 1.81. The Labute approximate surface area is 146 Å². The minimum absolute atomic E-state index is 0.0535. The predicted octanol–water partition coefficient (Wildman–Crippen LogP) is 2.01. The average Bonchev–Trinajstić information content (AvgIpc) is 3.04. The van der Waals surface area contributed by atoms with Crippen molar-refractivity contribution in [2.24, 2.45) is 7.05 Å². The number of likely N-dealkylation sites (tertiary alicyclic amines) is 1. The van der Waals surface area contributed by atoms with Gasteiger partial charge in [-0.25, -0.2) is 4.98 Å². The molecule has 1 aromatic carbocycles. The Balaban J connectivity index is 1.44. The molecule has 6 nitrogen and oxygen atoms in total. The zero-order chi connectivity index (χ0) is 17.2.